The number of rotatable bonds is 5. The molecule has 1 aromatic rings. The van der Waals surface area contributed by atoms with Crippen LogP contribution < -0.4 is 5.32 Å². The van der Waals surface area contributed by atoms with Gasteiger partial charge in [0.2, 0.25) is 5.91 Å². The highest BCUT2D eigenvalue weighted by Crippen LogP contribution is 2.15. The van der Waals surface area contributed by atoms with Gasteiger partial charge >= 0.3 is 0 Å². The van der Waals surface area contributed by atoms with Crippen LogP contribution in [0.3, 0.4) is 0 Å². The lowest BCUT2D eigenvalue weighted by molar-refractivity contribution is -0.127. The number of likely N-dealkylation sites (tertiary alicyclic amines) is 1. The summed E-state index contributed by atoms with van der Waals surface area (Å²) in [5, 5.41) is 11.7. The van der Waals surface area contributed by atoms with Crippen LogP contribution in [0.5, 0.6) is 0 Å². The largest absolute Gasteiger partial charge is 0.341 e. The summed E-state index contributed by atoms with van der Waals surface area (Å²) in [6, 6.07) is 3.69. The molecule has 1 amide bonds. The highest BCUT2D eigenvalue weighted by Gasteiger charge is 2.22. The van der Waals surface area contributed by atoms with Crippen molar-refractivity contribution < 1.29 is 13.6 Å². The first-order valence-corrected chi connectivity index (χ1v) is 6.90. The Hall–Kier alpha value is -2.00. The van der Waals surface area contributed by atoms with Gasteiger partial charge in [0.1, 0.15) is 11.6 Å². The monoisotopic (exact) mass is 293 g/mol. The number of nitriles is 1. The summed E-state index contributed by atoms with van der Waals surface area (Å²) in [5.74, 6) is -1.34. The summed E-state index contributed by atoms with van der Waals surface area (Å²) >= 11 is 0. The van der Waals surface area contributed by atoms with E-state index in [1.807, 2.05) is 6.92 Å². The summed E-state index contributed by atoms with van der Waals surface area (Å²) in [6.07, 6.45) is 1.44. The predicted molar refractivity (Wildman–Crippen MR) is 73.2 cm³/mol. The first kappa shape index (κ1) is 15.4. The van der Waals surface area contributed by atoms with E-state index in [4.69, 9.17) is 5.26 Å². The van der Waals surface area contributed by atoms with E-state index >= 15 is 0 Å². The maximum atomic E-state index is 13.7. The third-order valence-electron chi connectivity index (χ3n) is 3.56. The smallest absolute Gasteiger partial charge is 0.222 e. The van der Waals surface area contributed by atoms with Crippen LogP contribution in [-0.4, -0.2) is 29.9 Å². The van der Waals surface area contributed by atoms with Gasteiger partial charge in [-0.15, -0.1) is 0 Å². The SMILES string of the molecule is CC(CN1CCCC1=O)NCc1c(F)cc(C#N)cc1F. The molecule has 2 rings (SSSR count). The molecule has 21 heavy (non-hydrogen) atoms. The maximum absolute atomic E-state index is 13.7. The molecule has 0 spiro atoms. The van der Waals surface area contributed by atoms with E-state index in [2.05, 4.69) is 5.32 Å². The molecule has 0 saturated carbocycles. The fourth-order valence-electron chi connectivity index (χ4n) is 2.40. The standard InChI is InChI=1S/C15H17F2N3O/c1-10(9-20-4-2-3-15(20)21)19-8-12-13(16)5-11(7-18)6-14(12)17/h5-6,10,19H,2-4,8-9H2,1H3. The van der Waals surface area contributed by atoms with Crippen molar-refractivity contribution in [3.63, 3.8) is 0 Å². The number of halogens is 2. The van der Waals surface area contributed by atoms with Crippen LogP contribution in [0.15, 0.2) is 12.1 Å². The van der Waals surface area contributed by atoms with Gasteiger partial charge in [-0.3, -0.25) is 4.79 Å². The van der Waals surface area contributed by atoms with Crippen LogP contribution in [0.1, 0.15) is 30.9 Å². The van der Waals surface area contributed by atoms with E-state index in [-0.39, 0.29) is 29.6 Å². The van der Waals surface area contributed by atoms with E-state index < -0.39 is 11.6 Å². The number of benzene rings is 1. The molecule has 4 nitrogen and oxygen atoms in total. The summed E-state index contributed by atoms with van der Waals surface area (Å²) < 4.78 is 27.4. The zero-order valence-electron chi connectivity index (χ0n) is 11.8. The number of nitrogens with one attached hydrogen (secondary N) is 1. The minimum atomic E-state index is -0.733. The Bertz CT molecular complexity index is 560. The highest BCUT2D eigenvalue weighted by atomic mass is 19.1. The van der Waals surface area contributed by atoms with E-state index in [1.54, 1.807) is 11.0 Å². The average molecular weight is 293 g/mol. The topological polar surface area (TPSA) is 56.1 Å². The molecule has 112 valence electrons. The second-order valence-corrected chi connectivity index (χ2v) is 5.26. The molecule has 1 N–H and O–H groups in total. The van der Waals surface area contributed by atoms with Gasteiger partial charge in [0.05, 0.1) is 11.6 Å². The molecule has 1 aliphatic rings. The number of amides is 1. The quantitative estimate of drug-likeness (QED) is 0.902. The fraction of sp³-hybridized carbons (Fsp3) is 0.467. The van der Waals surface area contributed by atoms with Crippen molar-refractivity contribution in [3.8, 4) is 6.07 Å². The number of hydrogen-bond acceptors (Lipinski definition) is 3. The highest BCUT2D eigenvalue weighted by molar-refractivity contribution is 5.78. The molecule has 1 aromatic carbocycles. The van der Waals surface area contributed by atoms with Crippen molar-refractivity contribution in [1.82, 2.24) is 10.2 Å². The molecule has 6 heteroatoms. The molecular formula is C15H17F2N3O. The fourth-order valence-corrected chi connectivity index (χ4v) is 2.40. The van der Waals surface area contributed by atoms with Crippen LogP contribution in [0.2, 0.25) is 0 Å². The van der Waals surface area contributed by atoms with Crippen LogP contribution >= 0.6 is 0 Å². The predicted octanol–water partition coefficient (Wildman–Crippen LogP) is 1.94. The minimum Gasteiger partial charge on any atom is -0.341 e. The molecule has 1 heterocycles. The Labute approximate surface area is 122 Å². The lowest BCUT2D eigenvalue weighted by Gasteiger charge is -2.22. The van der Waals surface area contributed by atoms with Crippen molar-refractivity contribution in [1.29, 1.82) is 5.26 Å². The molecule has 0 aliphatic carbocycles. The van der Waals surface area contributed by atoms with Crippen molar-refractivity contribution in [2.24, 2.45) is 0 Å². The summed E-state index contributed by atoms with van der Waals surface area (Å²) in [6.45, 7) is 3.15. The molecular weight excluding hydrogens is 276 g/mol. The Balaban J connectivity index is 1.94. The van der Waals surface area contributed by atoms with E-state index in [0.29, 0.717) is 13.0 Å². The van der Waals surface area contributed by atoms with E-state index in [1.165, 1.54) is 0 Å². The van der Waals surface area contributed by atoms with Gasteiger partial charge in [-0.1, -0.05) is 0 Å². The molecule has 1 saturated heterocycles. The number of nitrogens with zero attached hydrogens (tertiary/aromatic N) is 2. The molecule has 1 fully saturated rings. The van der Waals surface area contributed by atoms with Gasteiger partial charge in [0, 0.05) is 37.7 Å². The normalized spacial score (nSPS) is 16.1. The van der Waals surface area contributed by atoms with Gasteiger partial charge in [-0.25, -0.2) is 8.78 Å². The van der Waals surface area contributed by atoms with Crippen molar-refractivity contribution in [2.45, 2.75) is 32.4 Å². The van der Waals surface area contributed by atoms with Gasteiger partial charge in [0.15, 0.2) is 0 Å². The minimum absolute atomic E-state index is 0.0204. The van der Waals surface area contributed by atoms with E-state index in [9.17, 15) is 13.6 Å². The zero-order chi connectivity index (χ0) is 15.4. The third kappa shape index (κ3) is 3.76. The lowest BCUT2D eigenvalue weighted by atomic mass is 10.1. The average Bonchev–Trinajstić information content (AvgIpc) is 2.83. The maximum Gasteiger partial charge on any atom is 0.222 e. The first-order chi connectivity index (χ1) is 10.0. The van der Waals surface area contributed by atoms with Crippen molar-refractivity contribution >= 4 is 5.91 Å². The Kier molecular flexibility index (Phi) is 4.86. The second-order valence-electron chi connectivity index (χ2n) is 5.26. The van der Waals surface area contributed by atoms with Gasteiger partial charge in [-0.05, 0) is 25.5 Å². The zero-order valence-corrected chi connectivity index (χ0v) is 11.8. The third-order valence-corrected chi connectivity index (χ3v) is 3.56. The molecule has 1 atom stereocenters. The van der Waals surface area contributed by atoms with Gasteiger partial charge < -0.3 is 10.2 Å². The van der Waals surface area contributed by atoms with E-state index in [0.717, 1.165) is 25.1 Å². The van der Waals surface area contributed by atoms with Gasteiger partial charge in [0.25, 0.3) is 0 Å². The Morgan fingerprint density at radius 2 is 2.10 bits per heavy atom. The molecule has 1 unspecified atom stereocenters. The summed E-state index contributed by atoms with van der Waals surface area (Å²) in [4.78, 5) is 13.3. The number of carbonyl (C=O) groups is 1. The number of hydrogen-bond donors (Lipinski definition) is 1. The summed E-state index contributed by atoms with van der Waals surface area (Å²) in [5.41, 5.74) is -0.127. The Morgan fingerprint density at radius 3 is 2.62 bits per heavy atom. The summed E-state index contributed by atoms with van der Waals surface area (Å²) in [7, 11) is 0. The molecule has 1 aliphatic heterocycles. The van der Waals surface area contributed by atoms with Crippen LogP contribution in [0, 0.1) is 23.0 Å². The molecule has 0 bridgehead atoms. The van der Waals surface area contributed by atoms with Crippen molar-refractivity contribution in [3.05, 3.63) is 34.9 Å². The number of carbonyl (C=O) groups excluding carboxylic acids is 1. The lowest BCUT2D eigenvalue weighted by Crippen LogP contribution is -2.39. The Morgan fingerprint density at radius 1 is 1.43 bits per heavy atom. The van der Waals surface area contributed by atoms with Crippen LogP contribution in [-0.2, 0) is 11.3 Å². The first-order valence-electron chi connectivity index (χ1n) is 6.90. The molecule has 0 radical (unpaired) electrons. The molecule has 0 aromatic heterocycles. The van der Waals surface area contributed by atoms with Crippen LogP contribution in [0.25, 0.3) is 0 Å². The van der Waals surface area contributed by atoms with Crippen LogP contribution in [0.4, 0.5) is 8.78 Å². The van der Waals surface area contributed by atoms with Gasteiger partial charge in [-0.2, -0.15) is 5.26 Å². The second kappa shape index (κ2) is 6.64. The van der Waals surface area contributed by atoms with Crippen molar-refractivity contribution in [2.75, 3.05) is 13.1 Å².